The third-order valence-electron chi connectivity index (χ3n) is 9.08. The molecule has 0 radical (unpaired) electrons. The summed E-state index contributed by atoms with van der Waals surface area (Å²) in [4.78, 5) is 16.7. The van der Waals surface area contributed by atoms with E-state index in [1.165, 1.54) is 5.56 Å². The Labute approximate surface area is 210 Å². The van der Waals surface area contributed by atoms with Gasteiger partial charge in [0.2, 0.25) is 5.91 Å². The normalized spacial score (nSPS) is 28.1. The predicted octanol–water partition coefficient (Wildman–Crippen LogP) is 5.15. The molecule has 2 aromatic rings. The minimum Gasteiger partial charge on any atom is -0.493 e. The molecule has 0 unspecified atom stereocenters. The van der Waals surface area contributed by atoms with Gasteiger partial charge in [-0.15, -0.1) is 0 Å². The summed E-state index contributed by atoms with van der Waals surface area (Å²) in [5, 5.41) is 3.59. The van der Waals surface area contributed by atoms with Crippen molar-refractivity contribution in [1.29, 1.82) is 0 Å². The van der Waals surface area contributed by atoms with E-state index in [4.69, 9.17) is 9.47 Å². The number of amides is 1. The fourth-order valence-electron chi connectivity index (χ4n) is 7.09. The largest absolute Gasteiger partial charge is 0.493 e. The van der Waals surface area contributed by atoms with Gasteiger partial charge in [0.1, 0.15) is 0 Å². The zero-order chi connectivity index (χ0) is 24.4. The first-order valence-electron chi connectivity index (χ1n) is 13.5. The van der Waals surface area contributed by atoms with Gasteiger partial charge in [0.25, 0.3) is 0 Å². The summed E-state index contributed by atoms with van der Waals surface area (Å²) in [6.45, 7) is 7.55. The van der Waals surface area contributed by atoms with Crippen molar-refractivity contribution in [3.8, 4) is 11.5 Å². The lowest BCUT2D eigenvalue weighted by Crippen LogP contribution is -2.55. The Morgan fingerprint density at radius 2 is 1.97 bits per heavy atom. The summed E-state index contributed by atoms with van der Waals surface area (Å²) in [5.74, 6) is 2.88. The lowest BCUT2D eigenvalue weighted by molar-refractivity contribution is -0.142. The van der Waals surface area contributed by atoms with Gasteiger partial charge in [0, 0.05) is 36.7 Å². The van der Waals surface area contributed by atoms with Crippen LogP contribution in [-0.2, 0) is 10.2 Å². The van der Waals surface area contributed by atoms with E-state index in [1.54, 1.807) is 7.11 Å². The number of nitrogens with one attached hydrogen (secondary N) is 1. The van der Waals surface area contributed by atoms with Crippen LogP contribution < -0.4 is 14.8 Å². The molecular formula is C30H40N2O3. The van der Waals surface area contributed by atoms with Crippen LogP contribution in [0.25, 0.3) is 0 Å². The number of methoxy groups -OCH3 is 1. The highest BCUT2D eigenvalue weighted by molar-refractivity contribution is 5.82. The molecule has 1 N–H and O–H groups in total. The maximum Gasteiger partial charge on any atom is 0.228 e. The molecule has 4 atom stereocenters. The van der Waals surface area contributed by atoms with Crippen molar-refractivity contribution in [2.75, 3.05) is 33.4 Å². The predicted molar refractivity (Wildman–Crippen MR) is 139 cm³/mol. The maximum atomic E-state index is 14.4. The van der Waals surface area contributed by atoms with Gasteiger partial charge in [-0.1, -0.05) is 69.2 Å². The van der Waals surface area contributed by atoms with Crippen LogP contribution in [0.5, 0.6) is 11.5 Å². The molecule has 0 aliphatic carbocycles. The number of carbonyl (C=O) groups is 1. The van der Waals surface area contributed by atoms with Crippen molar-refractivity contribution in [1.82, 2.24) is 10.2 Å². The zero-order valence-electron chi connectivity index (χ0n) is 21.5. The quantitative estimate of drug-likeness (QED) is 0.627. The highest BCUT2D eigenvalue weighted by atomic mass is 16.5. The first kappa shape index (κ1) is 24.2. The lowest BCUT2D eigenvalue weighted by Gasteiger charge is -2.47. The number of hydrogen-bond acceptors (Lipinski definition) is 4. The van der Waals surface area contributed by atoms with Gasteiger partial charge >= 0.3 is 0 Å². The number of piperidine rings is 1. The third kappa shape index (κ3) is 4.22. The van der Waals surface area contributed by atoms with Crippen molar-refractivity contribution < 1.29 is 14.3 Å². The van der Waals surface area contributed by atoms with E-state index in [-0.39, 0.29) is 11.3 Å². The summed E-state index contributed by atoms with van der Waals surface area (Å²) in [6, 6.07) is 17.3. The highest BCUT2D eigenvalue weighted by Crippen LogP contribution is 2.50. The molecule has 0 bridgehead atoms. The number of rotatable bonds is 6. The van der Waals surface area contributed by atoms with Crippen molar-refractivity contribution >= 4 is 5.91 Å². The Morgan fingerprint density at radius 1 is 1.17 bits per heavy atom. The first-order valence-corrected chi connectivity index (χ1v) is 13.5. The molecule has 3 aliphatic rings. The van der Waals surface area contributed by atoms with Crippen molar-refractivity contribution in [3.63, 3.8) is 0 Å². The Hall–Kier alpha value is -2.53. The average Bonchev–Trinajstić information content (AvgIpc) is 3.33. The molecule has 0 aromatic heterocycles. The van der Waals surface area contributed by atoms with Crippen LogP contribution in [0.15, 0.2) is 48.5 Å². The number of fused-ring (bicyclic) bond motifs is 2. The number of likely N-dealkylation sites (tertiary alicyclic amines) is 1. The Balaban J connectivity index is 1.46. The van der Waals surface area contributed by atoms with Gasteiger partial charge in [-0.05, 0) is 42.7 Å². The van der Waals surface area contributed by atoms with Crippen LogP contribution in [0.2, 0.25) is 0 Å². The average molecular weight is 477 g/mol. The monoisotopic (exact) mass is 476 g/mol. The van der Waals surface area contributed by atoms with Crippen molar-refractivity contribution in [3.05, 3.63) is 59.7 Å². The topological polar surface area (TPSA) is 50.8 Å². The molecule has 1 amide bonds. The van der Waals surface area contributed by atoms with Crippen LogP contribution in [0, 0.1) is 11.8 Å². The number of hydrogen-bond donors (Lipinski definition) is 1. The molecule has 5 heteroatoms. The summed E-state index contributed by atoms with van der Waals surface area (Å²) < 4.78 is 11.7. The van der Waals surface area contributed by atoms with Gasteiger partial charge in [-0.3, -0.25) is 4.79 Å². The molecule has 2 fully saturated rings. The third-order valence-corrected chi connectivity index (χ3v) is 9.08. The Kier molecular flexibility index (Phi) is 7.06. The molecule has 188 valence electrons. The number of benzene rings is 2. The number of nitrogens with zero attached hydrogens (tertiary/aromatic N) is 1. The molecule has 1 spiro atoms. The fraction of sp³-hybridized carbons (Fsp3) is 0.567. The lowest BCUT2D eigenvalue weighted by atomic mass is 9.67. The summed E-state index contributed by atoms with van der Waals surface area (Å²) >= 11 is 0. The molecule has 3 aliphatic heterocycles. The van der Waals surface area contributed by atoms with Crippen molar-refractivity contribution in [2.24, 2.45) is 11.8 Å². The first-order chi connectivity index (χ1) is 17.1. The van der Waals surface area contributed by atoms with E-state index in [1.807, 2.05) is 12.1 Å². The second-order valence-electron chi connectivity index (χ2n) is 10.6. The van der Waals surface area contributed by atoms with E-state index in [0.717, 1.165) is 68.8 Å². The van der Waals surface area contributed by atoms with Gasteiger partial charge in [-0.25, -0.2) is 0 Å². The molecular weight excluding hydrogens is 436 g/mol. The van der Waals surface area contributed by atoms with Crippen molar-refractivity contribution in [2.45, 2.75) is 63.3 Å². The van der Waals surface area contributed by atoms with Gasteiger partial charge in [-0.2, -0.15) is 0 Å². The second kappa shape index (κ2) is 10.2. The van der Waals surface area contributed by atoms with E-state index in [9.17, 15) is 4.79 Å². The molecule has 5 nitrogen and oxygen atoms in total. The second-order valence-corrected chi connectivity index (χ2v) is 10.6. The van der Waals surface area contributed by atoms with E-state index >= 15 is 0 Å². The van der Waals surface area contributed by atoms with E-state index in [2.05, 4.69) is 60.5 Å². The smallest absolute Gasteiger partial charge is 0.228 e. The zero-order valence-corrected chi connectivity index (χ0v) is 21.5. The van der Waals surface area contributed by atoms with Gasteiger partial charge < -0.3 is 19.7 Å². The Bertz CT molecular complexity index is 1020. The molecule has 0 saturated carbocycles. The number of carbonyl (C=O) groups excluding carboxylic acids is 1. The van der Waals surface area contributed by atoms with Crippen LogP contribution >= 0.6 is 0 Å². The summed E-state index contributed by atoms with van der Waals surface area (Å²) in [6.07, 6.45) is 5.16. The minimum absolute atomic E-state index is 0.0811. The molecule has 2 saturated heterocycles. The molecule has 2 aromatic carbocycles. The molecule has 3 heterocycles. The highest BCUT2D eigenvalue weighted by Gasteiger charge is 2.53. The van der Waals surface area contributed by atoms with Gasteiger partial charge in [0.15, 0.2) is 11.5 Å². The number of para-hydroxylation sites is 1. The molecule has 5 rings (SSSR count). The van der Waals surface area contributed by atoms with Crippen LogP contribution in [-0.4, -0.2) is 50.2 Å². The maximum absolute atomic E-state index is 14.4. The Morgan fingerprint density at radius 3 is 2.71 bits per heavy atom. The standard InChI is InChI=1S/C30H40N2O3/c1-4-21(5-2)26-18-23(22-10-7-6-8-11-22)14-16-32(26)29(33)25-19-31-20-30(25)15-17-35-28-24(30)12-9-13-27(28)34-3/h6-13,21,23,25-26,31H,4-5,14-20H2,1-3H3/t23-,25+,26+,30+/m1/s1. The van der Waals surface area contributed by atoms with Crippen LogP contribution in [0.4, 0.5) is 0 Å². The van der Waals surface area contributed by atoms with Gasteiger partial charge in [0.05, 0.1) is 19.6 Å². The molecule has 35 heavy (non-hydrogen) atoms. The van der Waals surface area contributed by atoms with Crippen LogP contribution in [0.3, 0.4) is 0 Å². The van der Waals surface area contributed by atoms with E-state index < -0.39 is 0 Å². The van der Waals surface area contributed by atoms with E-state index in [0.29, 0.717) is 30.4 Å². The summed E-state index contributed by atoms with van der Waals surface area (Å²) in [5.41, 5.74) is 2.30. The number of ether oxygens (including phenoxy) is 2. The summed E-state index contributed by atoms with van der Waals surface area (Å²) in [7, 11) is 1.69. The SMILES string of the molecule is CCC(CC)[C@@H]1C[C@H](c2ccccc2)CCN1C(=O)[C@@H]1CNC[C@]12CCOc1c(OC)cccc12. The van der Waals surface area contributed by atoms with Crippen LogP contribution in [0.1, 0.15) is 63.0 Å². The fourth-order valence-corrected chi connectivity index (χ4v) is 7.09. The minimum atomic E-state index is -0.242.